The lowest BCUT2D eigenvalue weighted by Crippen LogP contribution is -2.57. The lowest BCUT2D eigenvalue weighted by atomic mass is 10.1. The van der Waals surface area contributed by atoms with E-state index in [1.54, 1.807) is 19.0 Å². The summed E-state index contributed by atoms with van der Waals surface area (Å²) < 4.78 is 11.2. The van der Waals surface area contributed by atoms with Gasteiger partial charge < -0.3 is 24.6 Å². The number of likely N-dealkylation sites (tertiary alicyclic amines) is 1. The van der Waals surface area contributed by atoms with E-state index in [1.807, 2.05) is 52.0 Å². The molecule has 0 bridgehead atoms. The maximum atomic E-state index is 11.9. The van der Waals surface area contributed by atoms with Crippen LogP contribution in [0.4, 0.5) is 9.59 Å². The minimum Gasteiger partial charge on any atom is -0.487 e. The summed E-state index contributed by atoms with van der Waals surface area (Å²) in [7, 11) is 3.41. The Kier molecular flexibility index (Phi) is 6.00. The molecule has 0 saturated carbocycles. The number of carbonyl (C=O) groups excluding carboxylic acids is 2. The minimum absolute atomic E-state index is 0.0285. The van der Waals surface area contributed by atoms with Crippen molar-refractivity contribution in [1.29, 1.82) is 0 Å². The van der Waals surface area contributed by atoms with Crippen molar-refractivity contribution in [2.75, 3.05) is 27.2 Å². The van der Waals surface area contributed by atoms with Gasteiger partial charge >= 0.3 is 12.1 Å². The van der Waals surface area contributed by atoms with Crippen LogP contribution in [0.15, 0.2) is 24.3 Å². The molecule has 1 saturated heterocycles. The van der Waals surface area contributed by atoms with E-state index in [0.29, 0.717) is 13.1 Å². The molecule has 1 N–H and O–H groups in total. The third-order valence-corrected chi connectivity index (χ3v) is 3.93. The highest BCUT2D eigenvalue weighted by atomic mass is 16.6. The van der Waals surface area contributed by atoms with Crippen LogP contribution in [0, 0.1) is 0 Å². The average Bonchev–Trinajstić information content (AvgIpc) is 2.48. The highest BCUT2D eigenvalue weighted by Crippen LogP contribution is 2.22. The summed E-state index contributed by atoms with van der Waals surface area (Å²) in [4.78, 5) is 26.7. The van der Waals surface area contributed by atoms with Gasteiger partial charge in [0.15, 0.2) is 0 Å². The van der Waals surface area contributed by atoms with Crippen molar-refractivity contribution in [2.24, 2.45) is 0 Å². The SMILES string of the molecule is CC(NC(=O)N(C)C)c1ccc(OC2CN(C(=O)OC(C)(C)C)C2)cc1. The Hall–Kier alpha value is -2.44. The molecule has 3 amide bonds. The number of ether oxygens (including phenoxy) is 2. The van der Waals surface area contributed by atoms with Crippen LogP contribution in [0.2, 0.25) is 0 Å². The second-order valence-electron chi connectivity index (χ2n) is 7.76. The molecule has 1 unspecified atom stereocenters. The van der Waals surface area contributed by atoms with Crippen molar-refractivity contribution < 1.29 is 19.1 Å². The van der Waals surface area contributed by atoms with Crippen molar-refractivity contribution in [2.45, 2.75) is 45.4 Å². The van der Waals surface area contributed by atoms with E-state index in [0.717, 1.165) is 11.3 Å². The van der Waals surface area contributed by atoms with Gasteiger partial charge in [0.2, 0.25) is 0 Å². The molecular weight excluding hydrogens is 334 g/mol. The van der Waals surface area contributed by atoms with Gasteiger partial charge in [0.05, 0.1) is 19.1 Å². The summed E-state index contributed by atoms with van der Waals surface area (Å²) in [6.45, 7) is 8.52. The lowest BCUT2D eigenvalue weighted by Gasteiger charge is -2.39. The highest BCUT2D eigenvalue weighted by Gasteiger charge is 2.35. The zero-order chi connectivity index (χ0) is 19.5. The monoisotopic (exact) mass is 363 g/mol. The van der Waals surface area contributed by atoms with Gasteiger partial charge in [0.25, 0.3) is 0 Å². The number of nitrogens with zero attached hydrogens (tertiary/aromatic N) is 2. The Bertz CT molecular complexity index is 631. The third kappa shape index (κ3) is 5.54. The number of hydrogen-bond acceptors (Lipinski definition) is 4. The Morgan fingerprint density at radius 2 is 1.77 bits per heavy atom. The molecule has 1 fully saturated rings. The Balaban J connectivity index is 1.80. The summed E-state index contributed by atoms with van der Waals surface area (Å²) in [5, 5.41) is 2.90. The summed E-state index contributed by atoms with van der Waals surface area (Å²) >= 11 is 0. The molecule has 144 valence electrons. The van der Waals surface area contributed by atoms with Crippen LogP contribution in [0.25, 0.3) is 0 Å². The summed E-state index contributed by atoms with van der Waals surface area (Å²) in [6.07, 6.45) is -0.336. The molecule has 1 aliphatic heterocycles. The van der Waals surface area contributed by atoms with Crippen molar-refractivity contribution in [1.82, 2.24) is 15.1 Å². The van der Waals surface area contributed by atoms with Crippen molar-refractivity contribution in [3.63, 3.8) is 0 Å². The summed E-state index contributed by atoms with van der Waals surface area (Å²) in [5.41, 5.74) is 0.508. The second kappa shape index (κ2) is 7.85. The Morgan fingerprint density at radius 1 is 1.19 bits per heavy atom. The van der Waals surface area contributed by atoms with E-state index >= 15 is 0 Å². The first-order valence-electron chi connectivity index (χ1n) is 8.77. The molecule has 7 heteroatoms. The Morgan fingerprint density at radius 3 is 2.27 bits per heavy atom. The number of benzene rings is 1. The lowest BCUT2D eigenvalue weighted by molar-refractivity contribution is -0.0221. The summed E-state index contributed by atoms with van der Waals surface area (Å²) in [5.74, 6) is 0.744. The molecule has 1 atom stereocenters. The maximum Gasteiger partial charge on any atom is 0.410 e. The normalized spacial score (nSPS) is 15.7. The van der Waals surface area contributed by atoms with Crippen molar-refractivity contribution in [3.8, 4) is 5.75 Å². The van der Waals surface area contributed by atoms with E-state index in [2.05, 4.69) is 5.32 Å². The molecular formula is C19H29N3O4. The van der Waals surface area contributed by atoms with Crippen LogP contribution in [-0.4, -0.2) is 60.8 Å². The number of nitrogens with one attached hydrogen (secondary N) is 1. The molecule has 1 aromatic carbocycles. The van der Waals surface area contributed by atoms with Gasteiger partial charge in [0.1, 0.15) is 17.5 Å². The number of amides is 3. The fourth-order valence-corrected chi connectivity index (χ4v) is 2.41. The van der Waals surface area contributed by atoms with E-state index in [1.165, 1.54) is 4.90 Å². The third-order valence-electron chi connectivity index (χ3n) is 3.93. The Labute approximate surface area is 155 Å². The fraction of sp³-hybridized carbons (Fsp3) is 0.579. The first-order valence-corrected chi connectivity index (χ1v) is 8.77. The van der Waals surface area contributed by atoms with Crippen LogP contribution < -0.4 is 10.1 Å². The van der Waals surface area contributed by atoms with Crippen LogP contribution in [0.5, 0.6) is 5.75 Å². The van der Waals surface area contributed by atoms with Crippen molar-refractivity contribution in [3.05, 3.63) is 29.8 Å². The van der Waals surface area contributed by atoms with Gasteiger partial charge in [-0.1, -0.05) is 12.1 Å². The molecule has 0 aliphatic carbocycles. The first kappa shape index (κ1) is 19.9. The molecule has 26 heavy (non-hydrogen) atoms. The standard InChI is InChI=1S/C19H29N3O4/c1-13(20-17(23)21(5)6)14-7-9-15(10-8-14)25-16-11-22(12-16)18(24)26-19(2,3)4/h7-10,13,16H,11-12H2,1-6H3,(H,20,23). The first-order chi connectivity index (χ1) is 12.0. The second-order valence-corrected chi connectivity index (χ2v) is 7.76. The van der Waals surface area contributed by atoms with Gasteiger partial charge in [-0.15, -0.1) is 0 Å². The minimum atomic E-state index is -0.489. The topological polar surface area (TPSA) is 71.1 Å². The smallest absolute Gasteiger partial charge is 0.410 e. The molecule has 2 rings (SSSR count). The fourth-order valence-electron chi connectivity index (χ4n) is 2.41. The molecule has 7 nitrogen and oxygen atoms in total. The van der Waals surface area contributed by atoms with Gasteiger partial charge in [-0.25, -0.2) is 9.59 Å². The quantitative estimate of drug-likeness (QED) is 0.893. The van der Waals surface area contributed by atoms with Crippen LogP contribution >= 0.6 is 0 Å². The van der Waals surface area contributed by atoms with E-state index in [9.17, 15) is 9.59 Å². The molecule has 0 spiro atoms. The molecule has 0 radical (unpaired) electrons. The zero-order valence-corrected chi connectivity index (χ0v) is 16.4. The highest BCUT2D eigenvalue weighted by molar-refractivity contribution is 5.74. The molecule has 1 aromatic rings. The van der Waals surface area contributed by atoms with Gasteiger partial charge in [-0.05, 0) is 45.4 Å². The predicted molar refractivity (Wildman–Crippen MR) is 99.3 cm³/mol. The number of hydrogen-bond donors (Lipinski definition) is 1. The van der Waals surface area contributed by atoms with E-state index in [-0.39, 0.29) is 24.3 Å². The van der Waals surface area contributed by atoms with Gasteiger partial charge in [-0.3, -0.25) is 0 Å². The van der Waals surface area contributed by atoms with E-state index in [4.69, 9.17) is 9.47 Å². The van der Waals surface area contributed by atoms with Crippen molar-refractivity contribution >= 4 is 12.1 Å². The van der Waals surface area contributed by atoms with E-state index < -0.39 is 5.60 Å². The van der Waals surface area contributed by atoms with Crippen LogP contribution in [-0.2, 0) is 4.74 Å². The van der Waals surface area contributed by atoms with Crippen LogP contribution in [0.1, 0.15) is 39.3 Å². The number of rotatable bonds is 4. The molecule has 1 aliphatic rings. The zero-order valence-electron chi connectivity index (χ0n) is 16.4. The van der Waals surface area contributed by atoms with Crippen LogP contribution in [0.3, 0.4) is 0 Å². The van der Waals surface area contributed by atoms with Gasteiger partial charge in [-0.2, -0.15) is 0 Å². The largest absolute Gasteiger partial charge is 0.487 e. The molecule has 0 aromatic heterocycles. The number of urea groups is 1. The summed E-state index contributed by atoms with van der Waals surface area (Å²) in [6, 6.07) is 7.40. The number of carbonyl (C=O) groups is 2. The molecule has 1 heterocycles. The average molecular weight is 363 g/mol. The van der Waals surface area contributed by atoms with Gasteiger partial charge in [0, 0.05) is 14.1 Å². The maximum absolute atomic E-state index is 11.9. The predicted octanol–water partition coefficient (Wildman–Crippen LogP) is 3.02.